The van der Waals surface area contributed by atoms with Crippen molar-refractivity contribution in [1.29, 1.82) is 0 Å². The van der Waals surface area contributed by atoms with Crippen molar-refractivity contribution < 1.29 is 19.1 Å². The summed E-state index contributed by atoms with van der Waals surface area (Å²) in [4.78, 5) is 48.9. The lowest BCUT2D eigenvalue weighted by Crippen LogP contribution is -2.58. The van der Waals surface area contributed by atoms with Crippen LogP contribution in [0.3, 0.4) is 0 Å². The second-order valence-electron chi connectivity index (χ2n) is 14.4. The molecule has 3 aromatic rings. The molecular formula is C36H49ClN6O4. The number of hydrogen-bond donors (Lipinski definition) is 5. The number of imidazole rings is 1. The third-order valence-electron chi connectivity index (χ3n) is 9.87. The average Bonchev–Trinajstić information content (AvgIpc) is 3.62. The van der Waals surface area contributed by atoms with E-state index in [1.54, 1.807) is 0 Å². The highest BCUT2D eigenvalue weighted by Gasteiger charge is 2.51. The first kappa shape index (κ1) is 34.7. The topological polar surface area (TPSA) is 137 Å². The SMILES string of the molecule is CCNC(=O)N[C@H](c1nc2ccc(C3(C(=O)N[C@@H](C(=O)NCC)C(C)(C)C)CCOCC3)cc2[nH]1)[C@H](c1ccccc1Cl)C1(C)CC1. The van der Waals surface area contributed by atoms with Crippen LogP contribution in [0.25, 0.3) is 11.0 Å². The van der Waals surface area contributed by atoms with Crippen molar-refractivity contribution in [2.24, 2.45) is 10.8 Å². The number of likely N-dealkylation sites (N-methyl/N-ethyl adjacent to an activating group) is 1. The van der Waals surface area contributed by atoms with Gasteiger partial charge in [-0.1, -0.05) is 63.6 Å². The van der Waals surface area contributed by atoms with Gasteiger partial charge in [-0.25, -0.2) is 9.78 Å². The number of halogens is 1. The highest BCUT2D eigenvalue weighted by Crippen LogP contribution is 2.60. The number of H-pyrrole nitrogens is 1. The van der Waals surface area contributed by atoms with Crippen LogP contribution in [-0.2, 0) is 19.7 Å². The molecule has 0 radical (unpaired) electrons. The van der Waals surface area contributed by atoms with E-state index in [1.165, 1.54) is 0 Å². The molecule has 0 bridgehead atoms. The number of nitrogens with one attached hydrogen (secondary N) is 5. The largest absolute Gasteiger partial charge is 0.381 e. The predicted octanol–water partition coefficient (Wildman–Crippen LogP) is 5.88. The summed E-state index contributed by atoms with van der Waals surface area (Å²) in [5.74, 6) is 0.0978. The summed E-state index contributed by atoms with van der Waals surface area (Å²) in [5, 5.41) is 12.7. The molecule has 1 saturated carbocycles. The second kappa shape index (κ2) is 13.8. The maximum atomic E-state index is 14.3. The third kappa shape index (κ3) is 7.28. The van der Waals surface area contributed by atoms with Crippen molar-refractivity contribution in [3.05, 3.63) is 64.4 Å². The number of aromatic nitrogens is 2. The Hall–Kier alpha value is -3.63. The first-order valence-electron chi connectivity index (χ1n) is 16.8. The van der Waals surface area contributed by atoms with Gasteiger partial charge in [0.25, 0.3) is 0 Å². The van der Waals surface area contributed by atoms with Crippen LogP contribution in [0.5, 0.6) is 0 Å². The number of carbonyl (C=O) groups excluding carboxylic acids is 3. The zero-order valence-electron chi connectivity index (χ0n) is 28.4. The van der Waals surface area contributed by atoms with Crippen LogP contribution in [-0.4, -0.2) is 60.2 Å². The van der Waals surface area contributed by atoms with E-state index >= 15 is 0 Å². The van der Waals surface area contributed by atoms with Crippen molar-refractivity contribution >= 4 is 40.5 Å². The first-order chi connectivity index (χ1) is 22.3. The van der Waals surface area contributed by atoms with E-state index in [0.29, 0.717) is 50.0 Å². The molecule has 4 amide bonds. The standard InChI is InChI=1S/C36H49ClN6O4/c1-7-38-31(44)29(34(3,4)5)43-32(45)36(17-19-47-20-18-36)22-13-14-25-26(21-22)41-30(40-25)28(42-33(46)39-8-2)27(35(6)15-16-35)23-11-9-10-12-24(23)37/h9-14,21,27-29H,7-8,15-20H2,1-6H3,(H,38,44)(H,40,41)(H,43,45)(H2,39,42,46)/t27-,28-,29-/m0/s1. The van der Waals surface area contributed by atoms with Gasteiger partial charge in [0.1, 0.15) is 11.9 Å². The Morgan fingerprint density at radius 2 is 1.66 bits per heavy atom. The summed E-state index contributed by atoms with van der Waals surface area (Å²) in [6, 6.07) is 12.2. The molecule has 1 aliphatic carbocycles. The molecule has 11 heteroatoms. The minimum absolute atomic E-state index is 0.0722. The van der Waals surface area contributed by atoms with Gasteiger partial charge in [0.15, 0.2) is 0 Å². The summed E-state index contributed by atoms with van der Waals surface area (Å²) >= 11 is 6.78. The minimum atomic E-state index is -0.895. The molecule has 2 heterocycles. The fourth-order valence-electron chi connectivity index (χ4n) is 6.92. The Kier molecular flexibility index (Phi) is 10.2. The van der Waals surface area contributed by atoms with Gasteiger partial charge in [0, 0.05) is 37.2 Å². The lowest BCUT2D eigenvalue weighted by molar-refractivity contribution is -0.137. The molecule has 2 aromatic carbocycles. The zero-order valence-corrected chi connectivity index (χ0v) is 29.1. The van der Waals surface area contributed by atoms with Crippen molar-refractivity contribution in [2.75, 3.05) is 26.3 Å². The van der Waals surface area contributed by atoms with Gasteiger partial charge in [-0.05, 0) is 79.7 Å². The molecule has 1 aromatic heterocycles. The number of aromatic amines is 1. The smallest absolute Gasteiger partial charge is 0.315 e. The van der Waals surface area contributed by atoms with Crippen LogP contribution in [0.4, 0.5) is 4.79 Å². The number of rotatable bonds is 11. The molecule has 3 atom stereocenters. The maximum Gasteiger partial charge on any atom is 0.315 e. The van der Waals surface area contributed by atoms with Gasteiger partial charge in [-0.2, -0.15) is 0 Å². The Morgan fingerprint density at radius 1 is 0.979 bits per heavy atom. The Labute approximate surface area is 282 Å². The number of fused-ring (bicyclic) bond motifs is 1. The lowest BCUT2D eigenvalue weighted by atomic mass is 9.72. The quantitative estimate of drug-likeness (QED) is 0.175. The van der Waals surface area contributed by atoms with Crippen LogP contribution in [0.2, 0.25) is 5.02 Å². The number of ether oxygens (including phenoxy) is 1. The number of benzene rings is 2. The van der Waals surface area contributed by atoms with E-state index in [1.807, 2.05) is 77.1 Å². The summed E-state index contributed by atoms with van der Waals surface area (Å²) in [5.41, 5.74) is 1.82. The highest BCUT2D eigenvalue weighted by molar-refractivity contribution is 6.31. The molecule has 2 aliphatic rings. The molecule has 10 nitrogen and oxygen atoms in total. The van der Waals surface area contributed by atoms with Gasteiger partial charge in [-0.15, -0.1) is 0 Å². The summed E-state index contributed by atoms with van der Waals surface area (Å²) < 4.78 is 5.71. The van der Waals surface area contributed by atoms with Crippen molar-refractivity contribution in [2.45, 2.75) is 90.6 Å². The Morgan fingerprint density at radius 3 is 2.28 bits per heavy atom. The predicted molar refractivity (Wildman–Crippen MR) is 184 cm³/mol. The summed E-state index contributed by atoms with van der Waals surface area (Å²) in [6.07, 6.45) is 2.97. The van der Waals surface area contributed by atoms with Gasteiger partial charge in [-0.3, -0.25) is 9.59 Å². The number of carbonyl (C=O) groups is 3. The molecule has 1 saturated heterocycles. The van der Waals surface area contributed by atoms with Crippen molar-refractivity contribution in [1.82, 2.24) is 31.2 Å². The monoisotopic (exact) mass is 664 g/mol. The average molecular weight is 665 g/mol. The van der Waals surface area contributed by atoms with Crippen LogP contribution in [0.15, 0.2) is 42.5 Å². The number of urea groups is 1. The first-order valence-corrected chi connectivity index (χ1v) is 17.2. The van der Waals surface area contributed by atoms with Crippen molar-refractivity contribution in [3.8, 4) is 0 Å². The van der Waals surface area contributed by atoms with E-state index in [9.17, 15) is 14.4 Å². The molecule has 0 spiro atoms. The maximum absolute atomic E-state index is 14.3. The van der Waals surface area contributed by atoms with E-state index in [4.69, 9.17) is 21.3 Å². The van der Waals surface area contributed by atoms with E-state index in [0.717, 1.165) is 35.0 Å². The van der Waals surface area contributed by atoms with Crippen LogP contribution < -0.4 is 21.3 Å². The van der Waals surface area contributed by atoms with Gasteiger partial charge >= 0.3 is 6.03 Å². The molecule has 5 rings (SSSR count). The zero-order chi connectivity index (χ0) is 34.0. The normalized spacial score (nSPS) is 18.9. The third-order valence-corrected chi connectivity index (χ3v) is 10.2. The van der Waals surface area contributed by atoms with Gasteiger partial charge in [0.05, 0.1) is 22.5 Å². The van der Waals surface area contributed by atoms with Gasteiger partial charge < -0.3 is 31.0 Å². The molecule has 254 valence electrons. The second-order valence-corrected chi connectivity index (χ2v) is 14.8. The Balaban J connectivity index is 1.55. The molecule has 1 aliphatic heterocycles. The van der Waals surface area contributed by atoms with Crippen LogP contribution in [0, 0.1) is 10.8 Å². The van der Waals surface area contributed by atoms with E-state index in [-0.39, 0.29) is 29.2 Å². The van der Waals surface area contributed by atoms with E-state index in [2.05, 4.69) is 33.2 Å². The Bertz CT molecular complexity index is 1600. The van der Waals surface area contributed by atoms with Crippen LogP contribution >= 0.6 is 11.6 Å². The van der Waals surface area contributed by atoms with Gasteiger partial charge in [0.2, 0.25) is 11.8 Å². The molecular weight excluding hydrogens is 616 g/mol. The van der Waals surface area contributed by atoms with E-state index < -0.39 is 22.9 Å². The number of nitrogens with zero attached hydrogens (tertiary/aromatic N) is 1. The lowest BCUT2D eigenvalue weighted by Gasteiger charge is -2.39. The highest BCUT2D eigenvalue weighted by atomic mass is 35.5. The van der Waals surface area contributed by atoms with Crippen molar-refractivity contribution in [3.63, 3.8) is 0 Å². The fourth-order valence-corrected chi connectivity index (χ4v) is 7.17. The minimum Gasteiger partial charge on any atom is -0.381 e. The summed E-state index contributed by atoms with van der Waals surface area (Å²) in [7, 11) is 0. The van der Waals surface area contributed by atoms with Crippen LogP contribution in [0.1, 0.15) is 96.1 Å². The molecule has 0 unspecified atom stereocenters. The summed E-state index contributed by atoms with van der Waals surface area (Å²) in [6.45, 7) is 13.6. The number of hydrogen-bond acceptors (Lipinski definition) is 5. The molecule has 5 N–H and O–H groups in total. The number of amides is 4. The fraction of sp³-hybridized carbons (Fsp3) is 0.556. The molecule has 47 heavy (non-hydrogen) atoms. The molecule has 2 fully saturated rings.